The SMILES string of the molecule is Nc1cc(F)cc2c1C(=O)CCC2. The number of carbonyl (C=O) groups excluding carboxylic acids is 1. The highest BCUT2D eigenvalue weighted by Gasteiger charge is 2.20. The van der Waals surface area contributed by atoms with Gasteiger partial charge in [-0.1, -0.05) is 0 Å². The van der Waals surface area contributed by atoms with Crippen LogP contribution in [-0.4, -0.2) is 5.78 Å². The smallest absolute Gasteiger partial charge is 0.165 e. The van der Waals surface area contributed by atoms with E-state index >= 15 is 0 Å². The molecule has 1 aromatic rings. The quantitative estimate of drug-likeness (QED) is 0.618. The molecule has 0 atom stereocenters. The van der Waals surface area contributed by atoms with Crippen LogP contribution in [0.5, 0.6) is 0 Å². The van der Waals surface area contributed by atoms with E-state index in [1.165, 1.54) is 12.1 Å². The fraction of sp³-hybridized carbons (Fsp3) is 0.300. The molecule has 1 aromatic carbocycles. The highest BCUT2D eigenvalue weighted by atomic mass is 19.1. The van der Waals surface area contributed by atoms with E-state index in [1.54, 1.807) is 0 Å². The van der Waals surface area contributed by atoms with Crippen molar-refractivity contribution < 1.29 is 9.18 Å². The first kappa shape index (κ1) is 8.23. The van der Waals surface area contributed by atoms with Crippen molar-refractivity contribution in [2.45, 2.75) is 19.3 Å². The van der Waals surface area contributed by atoms with Crippen LogP contribution in [0.25, 0.3) is 0 Å². The van der Waals surface area contributed by atoms with Gasteiger partial charge < -0.3 is 5.73 Å². The predicted molar refractivity (Wildman–Crippen MR) is 48.1 cm³/mol. The lowest BCUT2D eigenvalue weighted by Crippen LogP contribution is -2.13. The third-order valence-corrected chi connectivity index (χ3v) is 2.34. The minimum atomic E-state index is -0.356. The average molecular weight is 179 g/mol. The number of ketones is 1. The normalized spacial score (nSPS) is 15.6. The van der Waals surface area contributed by atoms with E-state index < -0.39 is 0 Å². The maximum atomic E-state index is 12.9. The summed E-state index contributed by atoms with van der Waals surface area (Å²) in [5, 5.41) is 0. The zero-order chi connectivity index (χ0) is 9.42. The Bertz CT molecular complexity index is 373. The standard InChI is InChI=1S/C10H10FNO/c11-7-4-6-2-1-3-9(13)10(6)8(12)5-7/h4-5H,1-3,12H2. The summed E-state index contributed by atoms with van der Waals surface area (Å²) >= 11 is 0. The molecule has 2 rings (SSSR count). The summed E-state index contributed by atoms with van der Waals surface area (Å²) in [5.41, 5.74) is 7.14. The number of nitrogens with two attached hydrogens (primary N) is 1. The number of halogens is 1. The summed E-state index contributed by atoms with van der Waals surface area (Å²) in [7, 11) is 0. The van der Waals surface area contributed by atoms with E-state index in [2.05, 4.69) is 0 Å². The fourth-order valence-corrected chi connectivity index (χ4v) is 1.79. The minimum absolute atomic E-state index is 0.0405. The molecule has 1 aliphatic rings. The first-order valence-corrected chi connectivity index (χ1v) is 4.29. The van der Waals surface area contributed by atoms with Crippen LogP contribution in [0.3, 0.4) is 0 Å². The zero-order valence-electron chi connectivity index (χ0n) is 7.14. The third-order valence-electron chi connectivity index (χ3n) is 2.34. The van der Waals surface area contributed by atoms with Crippen molar-refractivity contribution in [2.24, 2.45) is 0 Å². The van der Waals surface area contributed by atoms with E-state index in [9.17, 15) is 9.18 Å². The molecule has 0 bridgehead atoms. The highest BCUT2D eigenvalue weighted by Crippen LogP contribution is 2.27. The molecule has 0 fully saturated rings. The van der Waals surface area contributed by atoms with Crippen LogP contribution in [0.1, 0.15) is 28.8 Å². The Labute approximate surface area is 75.6 Å². The lowest BCUT2D eigenvalue weighted by molar-refractivity contribution is 0.0973. The number of anilines is 1. The molecule has 0 aliphatic heterocycles. The highest BCUT2D eigenvalue weighted by molar-refractivity contribution is 6.03. The Morgan fingerprint density at radius 2 is 2.08 bits per heavy atom. The van der Waals surface area contributed by atoms with Gasteiger partial charge in [-0.3, -0.25) is 4.79 Å². The third kappa shape index (κ3) is 1.30. The minimum Gasteiger partial charge on any atom is -0.398 e. The molecule has 68 valence electrons. The molecule has 1 aliphatic carbocycles. The summed E-state index contributed by atoms with van der Waals surface area (Å²) in [6.45, 7) is 0. The predicted octanol–water partition coefficient (Wildman–Crippen LogP) is 1.93. The van der Waals surface area contributed by atoms with Gasteiger partial charge in [0.1, 0.15) is 5.82 Å². The number of rotatable bonds is 0. The molecule has 2 N–H and O–H groups in total. The van der Waals surface area contributed by atoms with Gasteiger partial charge in [-0.25, -0.2) is 4.39 Å². The number of carbonyl (C=O) groups is 1. The van der Waals surface area contributed by atoms with Crippen molar-refractivity contribution in [3.05, 3.63) is 29.1 Å². The Kier molecular flexibility index (Phi) is 1.79. The van der Waals surface area contributed by atoms with Crippen LogP contribution in [0.4, 0.5) is 10.1 Å². The van der Waals surface area contributed by atoms with E-state index in [0.717, 1.165) is 18.4 Å². The lowest BCUT2D eigenvalue weighted by Gasteiger charge is -2.16. The molecule has 13 heavy (non-hydrogen) atoms. The van der Waals surface area contributed by atoms with Crippen LogP contribution in [0.2, 0.25) is 0 Å². The van der Waals surface area contributed by atoms with Gasteiger partial charge in [-0.05, 0) is 30.5 Å². The largest absolute Gasteiger partial charge is 0.398 e. The molecular weight excluding hydrogens is 169 g/mol. The van der Waals surface area contributed by atoms with Crippen LogP contribution < -0.4 is 5.73 Å². The molecule has 0 spiro atoms. The van der Waals surface area contributed by atoms with E-state index in [4.69, 9.17) is 5.73 Å². The second-order valence-corrected chi connectivity index (χ2v) is 3.31. The molecule has 0 heterocycles. The summed E-state index contributed by atoms with van der Waals surface area (Å²) in [6.07, 6.45) is 2.08. The zero-order valence-corrected chi connectivity index (χ0v) is 7.14. The topological polar surface area (TPSA) is 43.1 Å². The lowest BCUT2D eigenvalue weighted by atomic mass is 9.89. The van der Waals surface area contributed by atoms with Crippen molar-refractivity contribution in [3.8, 4) is 0 Å². The summed E-state index contributed by atoms with van der Waals surface area (Å²) in [6, 6.07) is 2.62. The van der Waals surface area contributed by atoms with E-state index in [-0.39, 0.29) is 17.3 Å². The number of nitrogen functional groups attached to an aromatic ring is 1. The molecule has 0 amide bonds. The number of hydrogen-bond acceptors (Lipinski definition) is 2. The number of aryl methyl sites for hydroxylation is 1. The number of fused-ring (bicyclic) bond motifs is 1. The molecular formula is C10H10FNO. The maximum Gasteiger partial charge on any atom is 0.165 e. The van der Waals surface area contributed by atoms with Gasteiger partial charge in [0.2, 0.25) is 0 Å². The van der Waals surface area contributed by atoms with Gasteiger partial charge in [0.25, 0.3) is 0 Å². The Morgan fingerprint density at radius 1 is 1.31 bits per heavy atom. The molecule has 0 saturated carbocycles. The second kappa shape index (κ2) is 2.83. The van der Waals surface area contributed by atoms with Gasteiger partial charge in [-0.2, -0.15) is 0 Å². The van der Waals surface area contributed by atoms with Crippen molar-refractivity contribution in [1.82, 2.24) is 0 Å². The van der Waals surface area contributed by atoms with Gasteiger partial charge >= 0.3 is 0 Å². The summed E-state index contributed by atoms with van der Waals surface area (Å²) in [4.78, 5) is 11.4. The van der Waals surface area contributed by atoms with Crippen LogP contribution in [0.15, 0.2) is 12.1 Å². The molecule has 0 radical (unpaired) electrons. The van der Waals surface area contributed by atoms with Crippen LogP contribution >= 0.6 is 0 Å². The van der Waals surface area contributed by atoms with Crippen molar-refractivity contribution >= 4 is 11.5 Å². The Balaban J connectivity index is 2.63. The van der Waals surface area contributed by atoms with Crippen molar-refractivity contribution in [1.29, 1.82) is 0 Å². The maximum absolute atomic E-state index is 12.9. The van der Waals surface area contributed by atoms with Crippen molar-refractivity contribution in [3.63, 3.8) is 0 Å². The molecule has 0 aromatic heterocycles. The second-order valence-electron chi connectivity index (χ2n) is 3.31. The van der Waals surface area contributed by atoms with E-state index in [1.807, 2.05) is 0 Å². The van der Waals surface area contributed by atoms with Gasteiger partial charge in [0, 0.05) is 17.7 Å². The number of hydrogen-bond donors (Lipinski definition) is 1. The molecule has 0 saturated heterocycles. The first-order valence-electron chi connectivity index (χ1n) is 4.29. The molecule has 0 unspecified atom stereocenters. The number of Topliss-reactive ketones (excluding diaryl/α,β-unsaturated/α-hetero) is 1. The van der Waals surface area contributed by atoms with Crippen LogP contribution in [0, 0.1) is 5.82 Å². The van der Waals surface area contributed by atoms with E-state index in [0.29, 0.717) is 12.0 Å². The number of benzene rings is 1. The Hall–Kier alpha value is -1.38. The van der Waals surface area contributed by atoms with Crippen molar-refractivity contribution in [2.75, 3.05) is 5.73 Å². The summed E-state index contributed by atoms with van der Waals surface area (Å²) < 4.78 is 12.9. The monoisotopic (exact) mass is 179 g/mol. The molecule has 2 nitrogen and oxygen atoms in total. The van der Waals surface area contributed by atoms with Gasteiger partial charge in [0.15, 0.2) is 5.78 Å². The Morgan fingerprint density at radius 3 is 2.85 bits per heavy atom. The fourth-order valence-electron chi connectivity index (χ4n) is 1.79. The molecule has 3 heteroatoms. The first-order chi connectivity index (χ1) is 6.18. The van der Waals surface area contributed by atoms with Crippen LogP contribution in [-0.2, 0) is 6.42 Å². The van der Waals surface area contributed by atoms with Gasteiger partial charge in [-0.15, -0.1) is 0 Å². The summed E-state index contributed by atoms with van der Waals surface area (Å²) in [5.74, 6) is -0.315. The average Bonchev–Trinajstić information content (AvgIpc) is 2.02. The van der Waals surface area contributed by atoms with Gasteiger partial charge in [0.05, 0.1) is 0 Å².